The molecule has 0 saturated heterocycles. The monoisotopic (exact) mass is 324 g/mol. The number of hydrogen-bond acceptors (Lipinski definition) is 3. The molecule has 1 aromatic heterocycles. The minimum absolute atomic E-state index is 0.428. The average Bonchev–Trinajstić information content (AvgIpc) is 2.89. The second-order valence-corrected chi connectivity index (χ2v) is 5.10. The highest BCUT2D eigenvalue weighted by atomic mass is 79.9. The number of fused-ring (bicyclic) bond motifs is 1. The van der Waals surface area contributed by atoms with Gasteiger partial charge < -0.3 is 0 Å². The molecule has 0 aliphatic rings. The fourth-order valence-corrected chi connectivity index (χ4v) is 2.36. The number of halogens is 1. The minimum atomic E-state index is 0.428. The summed E-state index contributed by atoms with van der Waals surface area (Å²) in [6.07, 6.45) is 1.78. The second-order valence-electron chi connectivity index (χ2n) is 4.19. The normalized spacial score (nSPS) is 11.5. The van der Waals surface area contributed by atoms with Crippen LogP contribution >= 0.6 is 15.9 Å². The number of nitriles is 1. The Labute approximate surface area is 124 Å². The maximum absolute atomic E-state index is 9.37. The van der Waals surface area contributed by atoms with Gasteiger partial charge in [-0.15, -0.1) is 5.10 Å². The summed E-state index contributed by atoms with van der Waals surface area (Å²) < 4.78 is 2.52. The molecule has 96 valence electrons. The largest absolute Gasteiger partial charge is 0.202 e. The first kappa shape index (κ1) is 12.6. The van der Waals surface area contributed by atoms with Gasteiger partial charge in [-0.05, 0) is 35.9 Å². The van der Waals surface area contributed by atoms with Crippen LogP contribution in [0, 0.1) is 11.3 Å². The summed E-state index contributed by atoms with van der Waals surface area (Å²) in [6.45, 7) is 0. The van der Waals surface area contributed by atoms with Gasteiger partial charge in [-0.2, -0.15) is 5.26 Å². The van der Waals surface area contributed by atoms with Crippen LogP contribution in [0.1, 0.15) is 5.56 Å². The molecule has 2 aromatic carbocycles. The molecule has 0 aliphatic carbocycles. The Kier molecular flexibility index (Phi) is 3.32. The van der Waals surface area contributed by atoms with Crippen molar-refractivity contribution in [1.82, 2.24) is 15.0 Å². The summed E-state index contributed by atoms with van der Waals surface area (Å²) in [5.74, 6) is 0. The van der Waals surface area contributed by atoms with Crippen molar-refractivity contribution in [2.45, 2.75) is 0 Å². The highest BCUT2D eigenvalue weighted by Gasteiger charge is 2.07. The fourth-order valence-electron chi connectivity index (χ4n) is 1.94. The first-order valence-corrected chi connectivity index (χ1v) is 6.75. The SMILES string of the molecule is N#C/C(=C\c1cccc(Br)c1)n1nnc2ccccc21. The van der Waals surface area contributed by atoms with Crippen LogP contribution < -0.4 is 0 Å². The predicted molar refractivity (Wildman–Crippen MR) is 81.5 cm³/mol. The van der Waals surface area contributed by atoms with E-state index in [-0.39, 0.29) is 0 Å². The van der Waals surface area contributed by atoms with Crippen molar-refractivity contribution in [3.63, 3.8) is 0 Å². The van der Waals surface area contributed by atoms with Gasteiger partial charge in [-0.1, -0.05) is 45.4 Å². The van der Waals surface area contributed by atoms with E-state index in [1.807, 2.05) is 48.5 Å². The molecule has 20 heavy (non-hydrogen) atoms. The molecule has 0 aliphatic heterocycles. The van der Waals surface area contributed by atoms with E-state index in [0.29, 0.717) is 5.70 Å². The summed E-state index contributed by atoms with van der Waals surface area (Å²) in [7, 11) is 0. The van der Waals surface area contributed by atoms with E-state index in [0.717, 1.165) is 21.1 Å². The van der Waals surface area contributed by atoms with Crippen LogP contribution in [-0.2, 0) is 0 Å². The van der Waals surface area contributed by atoms with Crippen molar-refractivity contribution < 1.29 is 0 Å². The highest BCUT2D eigenvalue weighted by Crippen LogP contribution is 2.19. The zero-order valence-corrected chi connectivity index (χ0v) is 11.9. The topological polar surface area (TPSA) is 54.5 Å². The Balaban J connectivity index is 2.13. The van der Waals surface area contributed by atoms with Gasteiger partial charge in [-0.25, -0.2) is 4.68 Å². The van der Waals surface area contributed by atoms with Crippen LogP contribution in [-0.4, -0.2) is 15.0 Å². The Morgan fingerprint density at radius 3 is 2.85 bits per heavy atom. The quantitative estimate of drug-likeness (QED) is 0.675. The van der Waals surface area contributed by atoms with Crippen molar-refractivity contribution in [2.75, 3.05) is 0 Å². The maximum atomic E-state index is 9.37. The van der Waals surface area contributed by atoms with Crippen LogP contribution in [0.25, 0.3) is 22.8 Å². The molecule has 0 unspecified atom stereocenters. The van der Waals surface area contributed by atoms with E-state index in [2.05, 4.69) is 32.3 Å². The Morgan fingerprint density at radius 1 is 1.20 bits per heavy atom. The number of hydrogen-bond donors (Lipinski definition) is 0. The van der Waals surface area contributed by atoms with Gasteiger partial charge in [0.1, 0.15) is 17.3 Å². The predicted octanol–water partition coefficient (Wildman–Crippen LogP) is 3.72. The summed E-state index contributed by atoms with van der Waals surface area (Å²) in [5.41, 5.74) is 2.94. The van der Waals surface area contributed by atoms with E-state index in [9.17, 15) is 5.26 Å². The van der Waals surface area contributed by atoms with Crippen molar-refractivity contribution >= 4 is 38.7 Å². The van der Waals surface area contributed by atoms with Gasteiger partial charge in [0.15, 0.2) is 0 Å². The molecule has 0 fully saturated rings. The van der Waals surface area contributed by atoms with Gasteiger partial charge in [0.05, 0.1) is 5.52 Å². The van der Waals surface area contributed by atoms with Gasteiger partial charge in [0.25, 0.3) is 0 Å². The van der Waals surface area contributed by atoms with Crippen LogP contribution in [0.5, 0.6) is 0 Å². The van der Waals surface area contributed by atoms with Crippen LogP contribution in [0.15, 0.2) is 53.0 Å². The third-order valence-corrected chi connectivity index (χ3v) is 3.34. The molecule has 4 nitrogen and oxygen atoms in total. The van der Waals surface area contributed by atoms with Crippen LogP contribution in [0.4, 0.5) is 0 Å². The molecular weight excluding hydrogens is 316 g/mol. The van der Waals surface area contributed by atoms with Gasteiger partial charge in [-0.3, -0.25) is 0 Å². The summed E-state index contributed by atoms with van der Waals surface area (Å²) in [5, 5.41) is 17.5. The smallest absolute Gasteiger partial charge is 0.145 e. The molecule has 5 heteroatoms. The van der Waals surface area contributed by atoms with E-state index >= 15 is 0 Å². The second kappa shape index (κ2) is 5.27. The zero-order valence-electron chi connectivity index (χ0n) is 10.4. The zero-order chi connectivity index (χ0) is 13.9. The highest BCUT2D eigenvalue weighted by molar-refractivity contribution is 9.10. The molecule has 0 saturated carbocycles. The Hall–Kier alpha value is -2.45. The Bertz CT molecular complexity index is 842. The standard InChI is InChI=1S/C15H9BrN4/c16-12-5-3-4-11(8-12)9-13(10-17)20-15-7-2-1-6-14(15)18-19-20/h1-9H/b13-9+. The average molecular weight is 325 g/mol. The van der Waals surface area contributed by atoms with Crippen molar-refractivity contribution in [1.29, 1.82) is 5.26 Å². The molecule has 3 aromatic rings. The number of nitrogens with zero attached hydrogens (tertiary/aromatic N) is 4. The minimum Gasteiger partial charge on any atom is -0.202 e. The molecule has 1 heterocycles. The lowest BCUT2D eigenvalue weighted by molar-refractivity contribution is 0.848. The van der Waals surface area contributed by atoms with Crippen LogP contribution in [0.3, 0.4) is 0 Å². The van der Waals surface area contributed by atoms with Crippen molar-refractivity contribution in [2.24, 2.45) is 0 Å². The molecule has 0 amide bonds. The van der Waals surface area contributed by atoms with E-state index in [4.69, 9.17) is 0 Å². The molecule has 3 rings (SSSR count). The van der Waals surface area contributed by atoms with Gasteiger partial charge >= 0.3 is 0 Å². The first-order valence-electron chi connectivity index (χ1n) is 5.96. The fraction of sp³-hybridized carbons (Fsp3) is 0. The molecular formula is C15H9BrN4. The third kappa shape index (κ3) is 2.33. The molecule has 0 N–H and O–H groups in total. The van der Waals surface area contributed by atoms with E-state index < -0.39 is 0 Å². The lowest BCUT2D eigenvalue weighted by Crippen LogP contribution is -1.97. The van der Waals surface area contributed by atoms with E-state index in [1.54, 1.807) is 10.8 Å². The van der Waals surface area contributed by atoms with Crippen molar-refractivity contribution in [3.05, 3.63) is 58.6 Å². The van der Waals surface area contributed by atoms with Gasteiger partial charge in [0, 0.05) is 4.47 Å². The first-order chi connectivity index (χ1) is 9.78. The number of para-hydroxylation sites is 1. The summed E-state index contributed by atoms with van der Waals surface area (Å²) in [4.78, 5) is 0. The maximum Gasteiger partial charge on any atom is 0.145 e. The van der Waals surface area contributed by atoms with Crippen LogP contribution in [0.2, 0.25) is 0 Å². The molecule has 0 radical (unpaired) electrons. The summed E-state index contributed by atoms with van der Waals surface area (Å²) in [6, 6.07) is 17.5. The van der Waals surface area contributed by atoms with Gasteiger partial charge in [0.2, 0.25) is 0 Å². The molecule has 0 bridgehead atoms. The third-order valence-electron chi connectivity index (χ3n) is 2.85. The number of allylic oxidation sites excluding steroid dienone is 1. The number of benzene rings is 2. The Morgan fingerprint density at radius 2 is 2.05 bits per heavy atom. The van der Waals surface area contributed by atoms with Crippen molar-refractivity contribution in [3.8, 4) is 6.07 Å². The molecule has 0 atom stereocenters. The van der Waals surface area contributed by atoms with E-state index in [1.165, 1.54) is 0 Å². The lowest BCUT2D eigenvalue weighted by atomic mass is 10.2. The number of aromatic nitrogens is 3. The number of rotatable bonds is 2. The lowest BCUT2D eigenvalue weighted by Gasteiger charge is -2.00. The summed E-state index contributed by atoms with van der Waals surface area (Å²) >= 11 is 3.42. The molecule has 0 spiro atoms.